The molecule has 132 valence electrons. The molecule has 0 fully saturated rings. The molecule has 0 aliphatic carbocycles. The van der Waals surface area contributed by atoms with E-state index in [4.69, 9.17) is 0 Å². The zero-order chi connectivity index (χ0) is 18.5. The van der Waals surface area contributed by atoms with Gasteiger partial charge < -0.3 is 10.4 Å². The summed E-state index contributed by atoms with van der Waals surface area (Å²) in [5.41, 5.74) is 1.37. The van der Waals surface area contributed by atoms with Crippen molar-refractivity contribution in [2.75, 3.05) is 5.32 Å². The fourth-order valence-corrected chi connectivity index (χ4v) is 3.25. The number of rotatable bonds is 5. The molecular weight excluding hydrogens is 350 g/mol. The van der Waals surface area contributed by atoms with Gasteiger partial charge in [0.15, 0.2) is 10.9 Å². The largest absolute Gasteiger partial charge is 0.508 e. The molecule has 0 saturated heterocycles. The van der Waals surface area contributed by atoms with Crippen molar-refractivity contribution in [3.8, 4) is 5.75 Å². The number of aliphatic imine (C=N–C) groups is 1. The van der Waals surface area contributed by atoms with E-state index >= 15 is 0 Å². The molecule has 2 heterocycles. The lowest BCUT2D eigenvalue weighted by Crippen LogP contribution is -2.26. The third kappa shape index (κ3) is 4.31. The number of aryl methyl sites for hydroxylation is 1. The van der Waals surface area contributed by atoms with E-state index < -0.39 is 6.04 Å². The van der Waals surface area contributed by atoms with Crippen molar-refractivity contribution in [3.63, 3.8) is 0 Å². The molecule has 3 rings (SSSR count). The van der Waals surface area contributed by atoms with E-state index in [0.717, 1.165) is 16.9 Å². The Morgan fingerprint density at radius 2 is 2.08 bits per heavy atom. The summed E-state index contributed by atoms with van der Waals surface area (Å²) in [5.74, 6) is -0.255. The first-order valence-corrected chi connectivity index (χ1v) is 8.82. The molecule has 0 spiro atoms. The van der Waals surface area contributed by atoms with Crippen LogP contribution in [0.3, 0.4) is 0 Å². The Labute approximate surface area is 154 Å². The lowest BCUT2D eigenvalue weighted by atomic mass is 10.1. The third-order valence-electron chi connectivity index (χ3n) is 3.72. The molecule has 26 heavy (non-hydrogen) atoms. The average Bonchev–Trinajstić information content (AvgIpc) is 3.02. The minimum Gasteiger partial charge on any atom is -0.508 e. The summed E-state index contributed by atoms with van der Waals surface area (Å²) >= 11 is 1.14. The van der Waals surface area contributed by atoms with E-state index in [1.54, 1.807) is 49.6 Å². The Morgan fingerprint density at radius 1 is 1.31 bits per heavy atom. The highest BCUT2D eigenvalue weighted by Crippen LogP contribution is 2.24. The van der Waals surface area contributed by atoms with Gasteiger partial charge in [-0.3, -0.25) is 14.6 Å². The van der Waals surface area contributed by atoms with Crippen LogP contribution in [0.1, 0.15) is 27.3 Å². The summed E-state index contributed by atoms with van der Waals surface area (Å²) in [6.07, 6.45) is 8.96. The SMILES string of the molecule is Cc1nc(NC(=O)[C@H]2CC=CC=N2)sc1C(=O)/C=C/c1ccc(O)cc1. The number of thiazole rings is 1. The molecule has 1 atom stereocenters. The van der Waals surface area contributed by atoms with E-state index in [0.29, 0.717) is 22.1 Å². The Bertz CT molecular complexity index is 911. The second-order valence-corrected chi connectivity index (χ2v) is 6.69. The molecule has 7 heteroatoms. The molecule has 0 bridgehead atoms. The highest BCUT2D eigenvalue weighted by molar-refractivity contribution is 7.18. The van der Waals surface area contributed by atoms with Crippen LogP contribution >= 0.6 is 11.3 Å². The molecule has 1 amide bonds. The van der Waals surface area contributed by atoms with Crippen LogP contribution in [0.15, 0.2) is 47.5 Å². The molecule has 2 N–H and O–H groups in total. The summed E-state index contributed by atoms with van der Waals surface area (Å²) in [6.45, 7) is 1.73. The number of nitrogens with zero attached hydrogens (tertiary/aromatic N) is 2. The smallest absolute Gasteiger partial charge is 0.251 e. The number of phenols is 1. The van der Waals surface area contributed by atoms with Gasteiger partial charge in [-0.05, 0) is 43.2 Å². The van der Waals surface area contributed by atoms with Gasteiger partial charge in [-0.25, -0.2) is 4.98 Å². The van der Waals surface area contributed by atoms with Gasteiger partial charge in [-0.2, -0.15) is 0 Å². The molecule has 1 aromatic carbocycles. The summed E-state index contributed by atoms with van der Waals surface area (Å²) in [7, 11) is 0. The van der Waals surface area contributed by atoms with E-state index in [1.807, 2.05) is 6.08 Å². The third-order valence-corrected chi connectivity index (χ3v) is 4.81. The molecule has 6 nitrogen and oxygen atoms in total. The monoisotopic (exact) mass is 367 g/mol. The van der Waals surface area contributed by atoms with Crippen LogP contribution in [-0.4, -0.2) is 34.0 Å². The summed E-state index contributed by atoms with van der Waals surface area (Å²) in [6, 6.07) is 6.07. The number of amides is 1. The van der Waals surface area contributed by atoms with E-state index in [1.165, 1.54) is 6.08 Å². The number of dihydropyridines is 1. The number of aromatic nitrogens is 1. The van der Waals surface area contributed by atoms with Crippen LogP contribution in [-0.2, 0) is 4.79 Å². The fraction of sp³-hybridized carbons (Fsp3) is 0.158. The van der Waals surface area contributed by atoms with Gasteiger partial charge in [0.05, 0.1) is 10.6 Å². The predicted octanol–water partition coefficient (Wildman–Crippen LogP) is 3.39. The van der Waals surface area contributed by atoms with Gasteiger partial charge in [0, 0.05) is 6.21 Å². The van der Waals surface area contributed by atoms with E-state index in [-0.39, 0.29) is 17.4 Å². The van der Waals surface area contributed by atoms with Crippen molar-refractivity contribution in [1.29, 1.82) is 0 Å². The number of aromatic hydroxyl groups is 1. The number of benzene rings is 1. The minimum atomic E-state index is -0.460. The maximum atomic E-state index is 12.4. The van der Waals surface area contributed by atoms with Crippen molar-refractivity contribution in [2.45, 2.75) is 19.4 Å². The molecular formula is C19H17N3O3S. The van der Waals surface area contributed by atoms with Crippen LogP contribution in [0.2, 0.25) is 0 Å². The van der Waals surface area contributed by atoms with Crippen LogP contribution in [0, 0.1) is 6.92 Å². The van der Waals surface area contributed by atoms with Crippen molar-refractivity contribution in [1.82, 2.24) is 4.98 Å². The van der Waals surface area contributed by atoms with Gasteiger partial charge in [0.1, 0.15) is 11.8 Å². The topological polar surface area (TPSA) is 91.7 Å². The minimum absolute atomic E-state index is 0.171. The highest BCUT2D eigenvalue weighted by Gasteiger charge is 2.20. The van der Waals surface area contributed by atoms with Crippen LogP contribution in [0.5, 0.6) is 5.75 Å². The number of phenolic OH excluding ortho intramolecular Hbond substituents is 1. The summed E-state index contributed by atoms with van der Waals surface area (Å²) < 4.78 is 0. The molecule has 2 aromatic rings. The first kappa shape index (κ1) is 17.8. The van der Waals surface area contributed by atoms with Crippen LogP contribution in [0.25, 0.3) is 6.08 Å². The Balaban J connectivity index is 1.68. The predicted molar refractivity (Wildman–Crippen MR) is 103 cm³/mol. The zero-order valence-corrected chi connectivity index (χ0v) is 14.9. The first-order valence-electron chi connectivity index (χ1n) is 8.01. The molecule has 1 aromatic heterocycles. The standard InChI is InChI=1S/C19H17N3O3S/c1-12-17(16(24)10-7-13-5-8-14(23)9-6-13)26-19(21-12)22-18(25)15-4-2-3-11-20-15/h2-3,5-11,15,23H,4H2,1H3,(H,21,22,25)/b10-7+/t15-/m1/s1. The molecule has 1 aliphatic heterocycles. The zero-order valence-electron chi connectivity index (χ0n) is 14.0. The second-order valence-electron chi connectivity index (χ2n) is 5.69. The molecule has 0 radical (unpaired) electrons. The number of hydrogen-bond donors (Lipinski definition) is 2. The van der Waals surface area contributed by atoms with Gasteiger partial charge in [-0.1, -0.05) is 35.6 Å². The number of anilines is 1. The second kappa shape index (κ2) is 7.88. The van der Waals surface area contributed by atoms with Gasteiger partial charge in [-0.15, -0.1) is 0 Å². The maximum absolute atomic E-state index is 12.4. The molecule has 1 aliphatic rings. The number of carbonyl (C=O) groups excluding carboxylic acids is 2. The summed E-state index contributed by atoms with van der Waals surface area (Å²) in [4.78, 5) is 33.4. The molecule has 0 unspecified atom stereocenters. The van der Waals surface area contributed by atoms with Crippen LogP contribution < -0.4 is 5.32 Å². The lowest BCUT2D eigenvalue weighted by molar-refractivity contribution is -0.117. The number of carbonyl (C=O) groups is 2. The number of hydrogen-bond acceptors (Lipinski definition) is 6. The lowest BCUT2D eigenvalue weighted by Gasteiger charge is -2.10. The van der Waals surface area contributed by atoms with Crippen molar-refractivity contribution in [3.05, 3.63) is 58.6 Å². The quantitative estimate of drug-likeness (QED) is 0.626. The number of ketones is 1. The average molecular weight is 367 g/mol. The number of nitrogens with one attached hydrogen (secondary N) is 1. The maximum Gasteiger partial charge on any atom is 0.251 e. The van der Waals surface area contributed by atoms with Gasteiger partial charge in [0.2, 0.25) is 0 Å². The van der Waals surface area contributed by atoms with Crippen molar-refractivity contribution >= 4 is 40.4 Å². The summed E-state index contributed by atoms with van der Waals surface area (Å²) in [5, 5.41) is 12.4. The first-order chi connectivity index (χ1) is 12.5. The van der Waals surface area contributed by atoms with Crippen molar-refractivity contribution in [2.24, 2.45) is 4.99 Å². The highest BCUT2D eigenvalue weighted by atomic mass is 32.1. The van der Waals surface area contributed by atoms with Crippen LogP contribution in [0.4, 0.5) is 5.13 Å². The van der Waals surface area contributed by atoms with E-state index in [9.17, 15) is 14.7 Å². The Kier molecular flexibility index (Phi) is 5.38. The normalized spacial score (nSPS) is 16.1. The molecule has 0 saturated carbocycles. The Morgan fingerprint density at radius 3 is 2.77 bits per heavy atom. The fourth-order valence-electron chi connectivity index (χ4n) is 2.36. The number of allylic oxidation sites excluding steroid dienone is 2. The van der Waals surface area contributed by atoms with E-state index in [2.05, 4.69) is 15.3 Å². The Hall–Kier alpha value is -3.06. The van der Waals surface area contributed by atoms with Gasteiger partial charge in [0.25, 0.3) is 5.91 Å². The van der Waals surface area contributed by atoms with Crippen molar-refractivity contribution < 1.29 is 14.7 Å². The van der Waals surface area contributed by atoms with Gasteiger partial charge >= 0.3 is 0 Å².